The van der Waals surface area contributed by atoms with Crippen LogP contribution in [0.1, 0.15) is 27.7 Å². The number of amides is 1. The summed E-state index contributed by atoms with van der Waals surface area (Å²) in [5.41, 5.74) is -3.38. The Bertz CT molecular complexity index is 658. The highest BCUT2D eigenvalue weighted by Gasteiger charge is 2.75. The molecule has 0 aromatic carbocycles. The van der Waals surface area contributed by atoms with Crippen LogP contribution in [0, 0.1) is 56.2 Å². The Hall–Kier alpha value is -2.04. The van der Waals surface area contributed by atoms with Gasteiger partial charge >= 0.3 is 0 Å². The van der Waals surface area contributed by atoms with Crippen LogP contribution in [0.15, 0.2) is 0 Å². The number of carbonyl (C=O) groups excluding carboxylic acids is 2. The van der Waals surface area contributed by atoms with Crippen molar-refractivity contribution in [3.05, 3.63) is 0 Å². The summed E-state index contributed by atoms with van der Waals surface area (Å²) in [6, 6.07) is 5.46. The Morgan fingerprint density at radius 2 is 1.59 bits per heavy atom. The van der Waals surface area contributed by atoms with Gasteiger partial charge in [-0.15, -0.1) is 11.8 Å². The first-order valence-corrected chi connectivity index (χ1v) is 7.78. The summed E-state index contributed by atoms with van der Waals surface area (Å²) in [5.74, 6) is -2.04. The molecular weight excluding hydrogens is 300 g/mol. The van der Waals surface area contributed by atoms with E-state index in [4.69, 9.17) is 0 Å². The maximum atomic E-state index is 12.5. The van der Waals surface area contributed by atoms with Crippen molar-refractivity contribution in [2.45, 2.75) is 32.6 Å². The Kier molecular flexibility index (Phi) is 3.32. The number of rotatable bonds is 0. The molecule has 0 aromatic rings. The smallest absolute Gasteiger partial charge is 0.241 e. The Morgan fingerprint density at radius 1 is 1.09 bits per heavy atom. The lowest BCUT2D eigenvalue weighted by molar-refractivity contribution is -0.164. The van der Waals surface area contributed by atoms with Crippen molar-refractivity contribution in [1.82, 2.24) is 5.32 Å². The van der Waals surface area contributed by atoms with Gasteiger partial charge in [0, 0.05) is 5.75 Å². The predicted molar refractivity (Wildman–Crippen MR) is 78.7 cm³/mol. The van der Waals surface area contributed by atoms with E-state index in [9.17, 15) is 25.4 Å². The van der Waals surface area contributed by atoms with Gasteiger partial charge in [-0.05, 0) is 27.7 Å². The normalized spacial score (nSPS) is 30.0. The van der Waals surface area contributed by atoms with Crippen LogP contribution in [0.2, 0.25) is 0 Å². The molecule has 1 N–H and O–H groups in total. The average Bonchev–Trinajstić information content (AvgIpc) is 2.61. The number of nitrogens with zero attached hydrogens (tertiary/aromatic N) is 3. The molecule has 114 valence electrons. The molecule has 1 spiro atoms. The average molecular weight is 316 g/mol. The van der Waals surface area contributed by atoms with Crippen LogP contribution in [0.4, 0.5) is 0 Å². The summed E-state index contributed by atoms with van der Waals surface area (Å²) in [4.78, 5) is 24.0. The van der Waals surface area contributed by atoms with E-state index < -0.39 is 32.9 Å². The summed E-state index contributed by atoms with van der Waals surface area (Å²) >= 11 is 1.22. The molecule has 6 nitrogen and oxygen atoms in total. The summed E-state index contributed by atoms with van der Waals surface area (Å²) in [6.07, 6.45) is 0. The van der Waals surface area contributed by atoms with E-state index in [1.165, 1.54) is 11.8 Å². The van der Waals surface area contributed by atoms with Crippen molar-refractivity contribution in [2.75, 3.05) is 5.75 Å². The molecule has 1 atom stereocenters. The van der Waals surface area contributed by atoms with Crippen LogP contribution >= 0.6 is 11.8 Å². The van der Waals surface area contributed by atoms with Gasteiger partial charge in [0.05, 0.1) is 29.0 Å². The topological polar surface area (TPSA) is 118 Å². The van der Waals surface area contributed by atoms with Crippen molar-refractivity contribution in [3.8, 4) is 18.2 Å². The summed E-state index contributed by atoms with van der Waals surface area (Å²) < 4.78 is 0. The quantitative estimate of drug-likeness (QED) is 0.721. The lowest BCUT2D eigenvalue weighted by Crippen LogP contribution is -2.79. The minimum Gasteiger partial charge on any atom is -0.338 e. The monoisotopic (exact) mass is 316 g/mol. The minimum atomic E-state index is -1.71. The summed E-state index contributed by atoms with van der Waals surface area (Å²) in [5, 5.41) is 30.8. The molecule has 2 rings (SSSR count). The summed E-state index contributed by atoms with van der Waals surface area (Å²) in [6.45, 7) is 6.95. The second-order valence-corrected chi connectivity index (χ2v) is 7.99. The molecule has 0 radical (unpaired) electrons. The van der Waals surface area contributed by atoms with Crippen molar-refractivity contribution >= 4 is 23.5 Å². The third-order valence-electron chi connectivity index (χ3n) is 4.99. The second kappa shape index (κ2) is 4.48. The van der Waals surface area contributed by atoms with Crippen molar-refractivity contribution in [1.29, 1.82) is 15.8 Å². The standard InChI is InChI=1S/C15H16N4O2S/c1-12(2)11(21)13(3,4)15(12)19-10(20)9(5-16)14(6-17,7-18)8-22-15/h9H,8H2,1-4H3,(H,19,20). The SMILES string of the molecule is CC1(C)C(=O)C(C)(C)C12NC(=O)C(C#N)C(C#N)(C#N)CS2. The molecule has 1 saturated heterocycles. The number of nitrogens with one attached hydrogen (secondary N) is 1. The van der Waals surface area contributed by atoms with Gasteiger partial charge in [-0.2, -0.15) is 15.8 Å². The first kappa shape index (κ1) is 16.3. The van der Waals surface area contributed by atoms with E-state index in [0.29, 0.717) is 0 Å². The number of thioether (sulfide) groups is 1. The van der Waals surface area contributed by atoms with E-state index in [2.05, 4.69) is 5.32 Å². The lowest BCUT2D eigenvalue weighted by Gasteiger charge is -2.64. The van der Waals surface area contributed by atoms with E-state index in [1.807, 2.05) is 12.1 Å². The van der Waals surface area contributed by atoms with Crippen molar-refractivity contribution in [3.63, 3.8) is 0 Å². The molecule has 1 aliphatic heterocycles. The molecule has 0 bridgehead atoms. The van der Waals surface area contributed by atoms with Crippen LogP contribution in [0.25, 0.3) is 0 Å². The first-order chi connectivity index (χ1) is 10.1. The van der Waals surface area contributed by atoms with Gasteiger partial charge in [-0.25, -0.2) is 0 Å². The highest BCUT2D eigenvalue weighted by Crippen LogP contribution is 2.65. The van der Waals surface area contributed by atoms with E-state index in [1.54, 1.807) is 33.8 Å². The number of ketones is 1. The molecule has 1 amide bonds. The van der Waals surface area contributed by atoms with Gasteiger partial charge in [0.15, 0.2) is 17.1 Å². The number of hydrogen-bond acceptors (Lipinski definition) is 6. The zero-order chi connectivity index (χ0) is 17.0. The van der Waals surface area contributed by atoms with Gasteiger partial charge in [0.2, 0.25) is 5.91 Å². The molecular formula is C15H16N4O2S. The molecule has 2 fully saturated rings. The molecule has 1 aliphatic carbocycles. The largest absolute Gasteiger partial charge is 0.338 e. The summed E-state index contributed by atoms with van der Waals surface area (Å²) in [7, 11) is 0. The Morgan fingerprint density at radius 3 is 2.00 bits per heavy atom. The van der Waals surface area contributed by atoms with Crippen LogP contribution in [-0.4, -0.2) is 22.3 Å². The van der Waals surface area contributed by atoms with Gasteiger partial charge < -0.3 is 5.32 Å². The van der Waals surface area contributed by atoms with Gasteiger partial charge in [-0.1, -0.05) is 0 Å². The van der Waals surface area contributed by atoms with E-state index in [-0.39, 0.29) is 11.5 Å². The van der Waals surface area contributed by atoms with Crippen LogP contribution in [0.5, 0.6) is 0 Å². The van der Waals surface area contributed by atoms with Crippen molar-refractivity contribution < 1.29 is 9.59 Å². The predicted octanol–water partition coefficient (Wildman–Crippen LogP) is 1.35. The van der Waals surface area contributed by atoms with E-state index >= 15 is 0 Å². The maximum absolute atomic E-state index is 12.5. The zero-order valence-corrected chi connectivity index (χ0v) is 13.7. The minimum absolute atomic E-state index is 0.00252. The van der Waals surface area contributed by atoms with Gasteiger partial charge in [0.25, 0.3) is 0 Å². The first-order valence-electron chi connectivity index (χ1n) is 6.79. The molecule has 22 heavy (non-hydrogen) atoms. The molecule has 0 aromatic heterocycles. The van der Waals surface area contributed by atoms with Gasteiger partial charge in [0.1, 0.15) is 4.87 Å². The van der Waals surface area contributed by atoms with Gasteiger partial charge in [-0.3, -0.25) is 9.59 Å². The Balaban J connectivity index is 2.59. The fraction of sp³-hybridized carbons (Fsp3) is 0.667. The third-order valence-corrected chi connectivity index (χ3v) is 7.15. The van der Waals surface area contributed by atoms with E-state index in [0.717, 1.165) is 0 Å². The zero-order valence-electron chi connectivity index (χ0n) is 12.9. The number of carbonyl (C=O) groups is 2. The molecule has 1 heterocycles. The highest BCUT2D eigenvalue weighted by molar-refractivity contribution is 8.01. The van der Waals surface area contributed by atoms with Crippen LogP contribution in [-0.2, 0) is 9.59 Å². The molecule has 1 saturated carbocycles. The fourth-order valence-corrected chi connectivity index (χ4v) is 5.51. The van der Waals surface area contributed by atoms with Crippen molar-refractivity contribution in [2.24, 2.45) is 22.2 Å². The molecule has 2 aliphatic rings. The van der Waals surface area contributed by atoms with Crippen LogP contribution in [0.3, 0.4) is 0 Å². The highest BCUT2D eigenvalue weighted by atomic mass is 32.2. The fourth-order valence-electron chi connectivity index (χ4n) is 3.69. The number of Topliss-reactive ketones (excluding diaryl/α,β-unsaturated/α-hetero) is 1. The maximum Gasteiger partial charge on any atom is 0.241 e. The van der Waals surface area contributed by atoms with Crippen LogP contribution < -0.4 is 5.32 Å². The third kappa shape index (κ3) is 1.54. The number of hydrogen-bond donors (Lipinski definition) is 1. The Labute approximate surface area is 133 Å². The lowest BCUT2D eigenvalue weighted by atomic mass is 9.50. The second-order valence-electron chi connectivity index (χ2n) is 6.80. The molecule has 7 heteroatoms. The molecule has 1 unspecified atom stereocenters. The number of nitriles is 3.